The largest absolute Gasteiger partial charge is 0.331 e. The number of nitrogens with zero attached hydrogens (tertiary/aromatic N) is 2. The Morgan fingerprint density at radius 1 is 1.47 bits per heavy atom. The average Bonchev–Trinajstić information content (AvgIpc) is 2.96. The predicted octanol–water partition coefficient (Wildman–Crippen LogP) is 3.26. The molecule has 0 amide bonds. The first-order valence-electron chi connectivity index (χ1n) is 6.99. The molecule has 1 aliphatic heterocycles. The van der Waals surface area contributed by atoms with E-state index in [2.05, 4.69) is 29.9 Å². The van der Waals surface area contributed by atoms with Crippen molar-refractivity contribution in [2.24, 2.45) is 7.05 Å². The molecule has 1 saturated heterocycles. The van der Waals surface area contributed by atoms with Gasteiger partial charge in [-0.3, -0.25) is 0 Å². The van der Waals surface area contributed by atoms with Crippen LogP contribution in [0.15, 0.2) is 18.2 Å². The van der Waals surface area contributed by atoms with Gasteiger partial charge >= 0.3 is 0 Å². The summed E-state index contributed by atoms with van der Waals surface area (Å²) < 4.78 is 2.24. The number of nitrogens with one attached hydrogen (secondary N) is 1. The van der Waals surface area contributed by atoms with Crippen molar-refractivity contribution < 1.29 is 0 Å². The second kappa shape index (κ2) is 4.80. The fourth-order valence-corrected chi connectivity index (χ4v) is 3.55. The number of hydrogen-bond donors (Lipinski definition) is 1. The van der Waals surface area contributed by atoms with Gasteiger partial charge in [0.1, 0.15) is 5.82 Å². The summed E-state index contributed by atoms with van der Waals surface area (Å²) in [6, 6.07) is 5.97. The number of aryl methyl sites for hydroxylation is 1. The molecule has 1 aromatic heterocycles. The summed E-state index contributed by atoms with van der Waals surface area (Å²) in [5.74, 6) is 1.21. The van der Waals surface area contributed by atoms with Gasteiger partial charge in [-0.2, -0.15) is 0 Å². The Morgan fingerprint density at radius 2 is 2.32 bits per heavy atom. The van der Waals surface area contributed by atoms with E-state index < -0.39 is 0 Å². The first-order valence-corrected chi connectivity index (χ1v) is 7.37. The molecule has 3 rings (SSSR count). The third-order valence-electron chi connectivity index (χ3n) is 4.29. The Bertz CT molecular complexity index is 597. The number of imidazole rings is 1. The first-order chi connectivity index (χ1) is 9.16. The number of fused-ring (bicyclic) bond motifs is 1. The lowest BCUT2D eigenvalue weighted by Gasteiger charge is -2.27. The number of hydrogen-bond acceptors (Lipinski definition) is 2. The lowest BCUT2D eigenvalue weighted by molar-refractivity contribution is 0.393. The lowest BCUT2D eigenvalue weighted by atomic mass is 9.81. The van der Waals surface area contributed by atoms with Crippen LogP contribution >= 0.6 is 11.6 Å². The van der Waals surface area contributed by atoms with Crippen molar-refractivity contribution in [1.29, 1.82) is 0 Å². The summed E-state index contributed by atoms with van der Waals surface area (Å²) in [6.07, 6.45) is 3.54. The zero-order chi connectivity index (χ0) is 13.5. The minimum atomic E-state index is 0.189. The van der Waals surface area contributed by atoms with Crippen LogP contribution in [0.3, 0.4) is 0 Å². The monoisotopic (exact) mass is 277 g/mol. The smallest absolute Gasteiger partial charge is 0.117 e. The Balaban J connectivity index is 2.15. The van der Waals surface area contributed by atoms with Crippen LogP contribution in [0.2, 0.25) is 5.02 Å². The van der Waals surface area contributed by atoms with E-state index in [1.165, 1.54) is 30.6 Å². The number of benzene rings is 1. The highest BCUT2D eigenvalue weighted by molar-refractivity contribution is 6.31. The highest BCUT2D eigenvalue weighted by Gasteiger charge is 2.38. The maximum absolute atomic E-state index is 6.07. The summed E-state index contributed by atoms with van der Waals surface area (Å²) in [5.41, 5.74) is 2.36. The molecule has 3 nitrogen and oxygen atoms in total. The molecule has 0 saturated carbocycles. The van der Waals surface area contributed by atoms with Crippen molar-refractivity contribution in [1.82, 2.24) is 14.9 Å². The molecule has 102 valence electrons. The third kappa shape index (κ3) is 2.05. The summed E-state index contributed by atoms with van der Waals surface area (Å²) in [4.78, 5) is 4.88. The normalized spacial score (nSPS) is 23.3. The van der Waals surface area contributed by atoms with Gasteiger partial charge in [-0.1, -0.05) is 24.9 Å². The summed E-state index contributed by atoms with van der Waals surface area (Å²) >= 11 is 6.07. The van der Waals surface area contributed by atoms with Gasteiger partial charge in [-0.15, -0.1) is 0 Å². The Labute approximate surface area is 119 Å². The van der Waals surface area contributed by atoms with E-state index in [0.29, 0.717) is 0 Å². The Hall–Kier alpha value is -1.06. The molecular weight excluding hydrogens is 258 g/mol. The van der Waals surface area contributed by atoms with Crippen LogP contribution in [0.4, 0.5) is 0 Å². The van der Waals surface area contributed by atoms with Crippen LogP contribution in [0, 0.1) is 0 Å². The quantitative estimate of drug-likeness (QED) is 0.933. The maximum Gasteiger partial charge on any atom is 0.117 e. The van der Waals surface area contributed by atoms with Crippen LogP contribution < -0.4 is 5.32 Å². The number of rotatable bonds is 3. The molecule has 1 atom stereocenters. The molecule has 1 unspecified atom stereocenters. The molecule has 4 heteroatoms. The molecule has 2 aromatic rings. The fraction of sp³-hybridized carbons (Fsp3) is 0.533. The minimum absolute atomic E-state index is 0.189. The first kappa shape index (κ1) is 12.9. The molecule has 1 fully saturated rings. The van der Waals surface area contributed by atoms with E-state index in [9.17, 15) is 0 Å². The standard InChI is InChI=1S/C15H20ClN3/c1-3-6-15(7-8-17-10-15)14-18-12-9-11(16)4-5-13(12)19(14)2/h4-5,9,17H,3,6-8,10H2,1-2H3. The predicted molar refractivity (Wildman–Crippen MR) is 79.8 cm³/mol. The van der Waals surface area contributed by atoms with Gasteiger partial charge in [0.05, 0.1) is 11.0 Å². The van der Waals surface area contributed by atoms with Gasteiger partial charge in [0, 0.05) is 24.0 Å². The van der Waals surface area contributed by atoms with Gasteiger partial charge in [0.15, 0.2) is 0 Å². The highest BCUT2D eigenvalue weighted by atomic mass is 35.5. The molecule has 0 aliphatic carbocycles. The lowest BCUT2D eigenvalue weighted by Crippen LogP contribution is -2.32. The summed E-state index contributed by atoms with van der Waals surface area (Å²) in [5, 5.41) is 4.26. The maximum atomic E-state index is 6.07. The minimum Gasteiger partial charge on any atom is -0.331 e. The van der Waals surface area contributed by atoms with Crippen LogP contribution in [0.25, 0.3) is 11.0 Å². The molecule has 1 N–H and O–H groups in total. The van der Waals surface area contributed by atoms with Gasteiger partial charge in [0.2, 0.25) is 0 Å². The topological polar surface area (TPSA) is 29.9 Å². The molecule has 0 bridgehead atoms. The van der Waals surface area contributed by atoms with Crippen molar-refractivity contribution in [3.8, 4) is 0 Å². The second-order valence-corrected chi connectivity index (χ2v) is 6.02. The molecule has 2 heterocycles. The second-order valence-electron chi connectivity index (χ2n) is 5.58. The van der Waals surface area contributed by atoms with E-state index in [-0.39, 0.29) is 5.41 Å². The SMILES string of the molecule is CCCC1(c2nc3cc(Cl)ccc3n2C)CCNC1. The molecule has 0 spiro atoms. The zero-order valence-electron chi connectivity index (χ0n) is 11.5. The zero-order valence-corrected chi connectivity index (χ0v) is 12.3. The fourth-order valence-electron chi connectivity index (χ4n) is 3.39. The molecule has 0 radical (unpaired) electrons. The van der Waals surface area contributed by atoms with Crippen molar-refractivity contribution in [3.63, 3.8) is 0 Å². The van der Waals surface area contributed by atoms with Crippen molar-refractivity contribution in [2.75, 3.05) is 13.1 Å². The van der Waals surface area contributed by atoms with Crippen LogP contribution in [0.1, 0.15) is 32.0 Å². The average molecular weight is 278 g/mol. The number of halogens is 1. The van der Waals surface area contributed by atoms with Crippen LogP contribution in [-0.2, 0) is 12.5 Å². The molecular formula is C15H20ClN3. The highest BCUT2D eigenvalue weighted by Crippen LogP contribution is 2.36. The van der Waals surface area contributed by atoms with Gasteiger partial charge in [-0.25, -0.2) is 4.98 Å². The van der Waals surface area contributed by atoms with Gasteiger partial charge < -0.3 is 9.88 Å². The van der Waals surface area contributed by atoms with Crippen molar-refractivity contribution >= 4 is 22.6 Å². The van der Waals surface area contributed by atoms with E-state index >= 15 is 0 Å². The molecule has 1 aromatic carbocycles. The third-order valence-corrected chi connectivity index (χ3v) is 4.52. The van der Waals surface area contributed by atoms with E-state index in [1.807, 2.05) is 12.1 Å². The van der Waals surface area contributed by atoms with Crippen molar-refractivity contribution in [3.05, 3.63) is 29.0 Å². The number of aromatic nitrogens is 2. The van der Waals surface area contributed by atoms with Gasteiger partial charge in [-0.05, 0) is 37.6 Å². The molecule has 1 aliphatic rings. The van der Waals surface area contributed by atoms with Crippen LogP contribution in [-0.4, -0.2) is 22.6 Å². The molecule has 19 heavy (non-hydrogen) atoms. The summed E-state index contributed by atoms with van der Waals surface area (Å²) in [7, 11) is 2.12. The Morgan fingerprint density at radius 3 is 3.00 bits per heavy atom. The van der Waals surface area contributed by atoms with Crippen LogP contribution in [0.5, 0.6) is 0 Å². The van der Waals surface area contributed by atoms with Gasteiger partial charge in [0.25, 0.3) is 0 Å². The van der Waals surface area contributed by atoms with Crippen molar-refractivity contribution in [2.45, 2.75) is 31.6 Å². The Kier molecular flexibility index (Phi) is 3.27. The summed E-state index contributed by atoms with van der Waals surface area (Å²) in [6.45, 7) is 4.37. The van der Waals surface area contributed by atoms with E-state index in [1.54, 1.807) is 0 Å². The van der Waals surface area contributed by atoms with E-state index in [4.69, 9.17) is 16.6 Å². The van der Waals surface area contributed by atoms with E-state index in [0.717, 1.165) is 23.6 Å².